The van der Waals surface area contributed by atoms with Crippen LogP contribution in [0.15, 0.2) is 0 Å². The third-order valence-corrected chi connectivity index (χ3v) is 5.79. The second-order valence-corrected chi connectivity index (χ2v) is 9.02. The fraction of sp³-hybridized carbons (Fsp3) is 0.947. The molecule has 128 valence electrons. The predicted octanol–water partition coefficient (Wildman–Crippen LogP) is 4.44. The van der Waals surface area contributed by atoms with Gasteiger partial charge in [-0.1, -0.05) is 34.6 Å². The fourth-order valence-electron chi connectivity index (χ4n) is 4.41. The second kappa shape index (κ2) is 6.51. The molecule has 1 saturated heterocycles. The van der Waals surface area contributed by atoms with E-state index in [-0.39, 0.29) is 16.8 Å². The van der Waals surface area contributed by atoms with Gasteiger partial charge in [0.25, 0.3) is 0 Å². The Kier molecular flexibility index (Phi) is 5.26. The number of ether oxygens (including phenoxy) is 2. The van der Waals surface area contributed by atoms with Gasteiger partial charge in [0.05, 0.1) is 19.3 Å². The fourth-order valence-corrected chi connectivity index (χ4v) is 4.41. The minimum absolute atomic E-state index is 0.0427. The minimum atomic E-state index is -0.0427. The molecule has 1 saturated carbocycles. The second-order valence-electron chi connectivity index (χ2n) is 9.02. The van der Waals surface area contributed by atoms with Gasteiger partial charge in [-0.15, -0.1) is 0 Å². The van der Waals surface area contributed by atoms with Crippen LogP contribution in [0.1, 0.15) is 67.2 Å². The van der Waals surface area contributed by atoms with Gasteiger partial charge >= 0.3 is 5.97 Å². The van der Waals surface area contributed by atoms with Crippen LogP contribution in [0, 0.1) is 28.6 Å². The molecular weight excluding hydrogens is 276 g/mol. The average Bonchev–Trinajstić information content (AvgIpc) is 2.71. The van der Waals surface area contributed by atoms with Gasteiger partial charge in [-0.25, -0.2) is 0 Å². The zero-order valence-electron chi connectivity index (χ0n) is 15.3. The van der Waals surface area contributed by atoms with Crippen molar-refractivity contribution in [3.63, 3.8) is 0 Å². The lowest BCUT2D eigenvalue weighted by molar-refractivity contribution is -0.143. The lowest BCUT2D eigenvalue weighted by Gasteiger charge is -2.46. The first-order valence-corrected chi connectivity index (χ1v) is 8.92. The average molecular weight is 310 g/mol. The molecular formula is C19H34O3. The number of esters is 1. The molecule has 1 aliphatic carbocycles. The van der Waals surface area contributed by atoms with Gasteiger partial charge in [0.15, 0.2) is 0 Å². The summed E-state index contributed by atoms with van der Waals surface area (Å²) in [5, 5.41) is 0. The van der Waals surface area contributed by atoms with E-state index < -0.39 is 0 Å². The highest BCUT2D eigenvalue weighted by atomic mass is 16.5. The maximum Gasteiger partial charge on any atom is 0.305 e. The van der Waals surface area contributed by atoms with Crippen LogP contribution in [0.5, 0.6) is 0 Å². The highest BCUT2D eigenvalue weighted by Gasteiger charge is 2.52. The zero-order chi connectivity index (χ0) is 16.5. The number of fused-ring (bicyclic) bond motifs is 1. The van der Waals surface area contributed by atoms with Crippen LogP contribution in [-0.2, 0) is 14.3 Å². The highest BCUT2D eigenvalue weighted by Crippen LogP contribution is 2.54. The highest BCUT2D eigenvalue weighted by molar-refractivity contribution is 5.69. The SMILES string of the molecule is CCOC(=O)CCC1CC(C(C)(C)C)C2OCC(C)(C)C2C1. The van der Waals surface area contributed by atoms with Crippen LogP contribution >= 0.6 is 0 Å². The Morgan fingerprint density at radius 1 is 1.27 bits per heavy atom. The molecule has 4 unspecified atom stereocenters. The Morgan fingerprint density at radius 2 is 1.95 bits per heavy atom. The monoisotopic (exact) mass is 310 g/mol. The van der Waals surface area contributed by atoms with E-state index in [9.17, 15) is 4.79 Å². The number of rotatable bonds is 4. The van der Waals surface area contributed by atoms with Crippen molar-refractivity contribution in [3.8, 4) is 0 Å². The van der Waals surface area contributed by atoms with E-state index in [0.717, 1.165) is 13.0 Å². The van der Waals surface area contributed by atoms with Gasteiger partial charge in [0.2, 0.25) is 0 Å². The number of hydrogen-bond acceptors (Lipinski definition) is 3. The zero-order valence-corrected chi connectivity index (χ0v) is 15.3. The molecule has 0 spiro atoms. The summed E-state index contributed by atoms with van der Waals surface area (Å²) in [6.07, 6.45) is 4.30. The quantitative estimate of drug-likeness (QED) is 0.720. The molecule has 22 heavy (non-hydrogen) atoms. The normalized spacial score (nSPS) is 34.3. The molecule has 3 heteroatoms. The molecule has 0 N–H and O–H groups in total. The Hall–Kier alpha value is -0.570. The Balaban J connectivity index is 2.06. The van der Waals surface area contributed by atoms with E-state index in [1.807, 2.05) is 6.92 Å². The number of hydrogen-bond donors (Lipinski definition) is 0. The Labute approximate surface area is 136 Å². The standard InChI is InChI=1S/C19H34O3/c1-7-21-16(20)9-8-13-10-14(18(2,3)4)17-15(11-13)19(5,6)12-22-17/h13-15,17H,7-12H2,1-6H3. The van der Waals surface area contributed by atoms with E-state index in [2.05, 4.69) is 34.6 Å². The molecule has 2 aliphatic rings. The van der Waals surface area contributed by atoms with E-state index in [0.29, 0.717) is 36.9 Å². The molecule has 1 heterocycles. The van der Waals surface area contributed by atoms with Crippen molar-refractivity contribution in [1.82, 2.24) is 0 Å². The molecule has 0 aromatic rings. The van der Waals surface area contributed by atoms with Crippen molar-refractivity contribution in [2.45, 2.75) is 73.3 Å². The number of carbonyl (C=O) groups excluding carboxylic acids is 1. The maximum absolute atomic E-state index is 11.7. The molecule has 0 radical (unpaired) electrons. The molecule has 4 atom stereocenters. The summed E-state index contributed by atoms with van der Waals surface area (Å²) in [7, 11) is 0. The molecule has 2 fully saturated rings. The van der Waals surface area contributed by atoms with Gasteiger partial charge < -0.3 is 9.47 Å². The van der Waals surface area contributed by atoms with E-state index in [1.165, 1.54) is 12.8 Å². The van der Waals surface area contributed by atoms with Crippen molar-refractivity contribution in [2.75, 3.05) is 13.2 Å². The lowest BCUT2D eigenvalue weighted by atomic mass is 9.59. The topological polar surface area (TPSA) is 35.5 Å². The number of carbonyl (C=O) groups is 1. The van der Waals surface area contributed by atoms with E-state index in [4.69, 9.17) is 9.47 Å². The smallest absolute Gasteiger partial charge is 0.305 e. The summed E-state index contributed by atoms with van der Waals surface area (Å²) < 4.78 is 11.3. The van der Waals surface area contributed by atoms with Gasteiger partial charge in [-0.3, -0.25) is 4.79 Å². The van der Waals surface area contributed by atoms with Crippen molar-refractivity contribution >= 4 is 5.97 Å². The molecule has 3 nitrogen and oxygen atoms in total. The van der Waals surface area contributed by atoms with Gasteiger partial charge in [-0.2, -0.15) is 0 Å². The van der Waals surface area contributed by atoms with Crippen molar-refractivity contribution in [2.24, 2.45) is 28.6 Å². The first-order valence-electron chi connectivity index (χ1n) is 8.92. The molecule has 1 aliphatic heterocycles. The van der Waals surface area contributed by atoms with E-state index in [1.54, 1.807) is 0 Å². The summed E-state index contributed by atoms with van der Waals surface area (Å²) in [6, 6.07) is 0. The van der Waals surface area contributed by atoms with Crippen LogP contribution in [-0.4, -0.2) is 25.3 Å². The molecule has 0 aromatic carbocycles. The third kappa shape index (κ3) is 3.84. The first-order chi connectivity index (χ1) is 10.1. The molecule has 0 amide bonds. The summed E-state index contributed by atoms with van der Waals surface area (Å²) in [5.74, 6) is 1.78. The molecule has 2 rings (SSSR count). The first kappa shape index (κ1) is 17.8. The van der Waals surface area contributed by atoms with E-state index >= 15 is 0 Å². The van der Waals surface area contributed by atoms with Crippen LogP contribution in [0.3, 0.4) is 0 Å². The lowest BCUT2D eigenvalue weighted by Crippen LogP contribution is -2.44. The third-order valence-electron chi connectivity index (χ3n) is 5.79. The van der Waals surface area contributed by atoms with Gasteiger partial charge in [0, 0.05) is 6.42 Å². The van der Waals surface area contributed by atoms with Crippen molar-refractivity contribution in [1.29, 1.82) is 0 Å². The van der Waals surface area contributed by atoms with Crippen molar-refractivity contribution in [3.05, 3.63) is 0 Å². The Morgan fingerprint density at radius 3 is 2.55 bits per heavy atom. The largest absolute Gasteiger partial charge is 0.466 e. The van der Waals surface area contributed by atoms with Crippen LogP contribution in [0.4, 0.5) is 0 Å². The molecule has 0 aromatic heterocycles. The van der Waals surface area contributed by atoms with Crippen molar-refractivity contribution < 1.29 is 14.3 Å². The van der Waals surface area contributed by atoms with Gasteiger partial charge in [-0.05, 0) is 54.8 Å². The van der Waals surface area contributed by atoms with Crippen LogP contribution < -0.4 is 0 Å². The minimum Gasteiger partial charge on any atom is -0.466 e. The summed E-state index contributed by atoms with van der Waals surface area (Å²) >= 11 is 0. The maximum atomic E-state index is 11.7. The molecule has 0 bridgehead atoms. The van der Waals surface area contributed by atoms with Gasteiger partial charge in [0.1, 0.15) is 0 Å². The summed E-state index contributed by atoms with van der Waals surface area (Å²) in [4.78, 5) is 11.7. The predicted molar refractivity (Wildman–Crippen MR) is 88.5 cm³/mol. The summed E-state index contributed by atoms with van der Waals surface area (Å²) in [5.41, 5.74) is 0.517. The van der Waals surface area contributed by atoms with Crippen LogP contribution in [0.25, 0.3) is 0 Å². The summed E-state index contributed by atoms with van der Waals surface area (Å²) in [6.45, 7) is 14.9. The Bertz CT molecular complexity index is 394. The van der Waals surface area contributed by atoms with Crippen LogP contribution in [0.2, 0.25) is 0 Å².